The Kier molecular flexibility index (Phi) is 5.12. The van der Waals surface area contributed by atoms with Crippen molar-refractivity contribution in [1.82, 2.24) is 4.90 Å². The number of amides is 1. The quantitative estimate of drug-likeness (QED) is 0.920. The first-order chi connectivity index (χ1) is 9.90. The van der Waals surface area contributed by atoms with Crippen molar-refractivity contribution in [1.29, 1.82) is 0 Å². The first kappa shape index (κ1) is 16.1. The average molecular weight is 330 g/mol. The van der Waals surface area contributed by atoms with E-state index in [1.54, 1.807) is 30.1 Å². The zero-order valence-corrected chi connectivity index (χ0v) is 13.2. The van der Waals surface area contributed by atoms with E-state index in [0.717, 1.165) is 12.0 Å². The minimum Gasteiger partial charge on any atom is -0.481 e. The second-order valence-electron chi connectivity index (χ2n) is 5.41. The molecular weight excluding hydrogens is 313 g/mol. The minimum absolute atomic E-state index is 0.133. The van der Waals surface area contributed by atoms with E-state index >= 15 is 0 Å². The van der Waals surface area contributed by atoms with Gasteiger partial charge in [0.05, 0.1) is 11.8 Å². The number of nitrogens with zero attached hydrogens (tertiary/aromatic N) is 1. The summed E-state index contributed by atoms with van der Waals surface area (Å²) < 4.78 is 0. The fourth-order valence-electron chi connectivity index (χ4n) is 2.82. The SMILES string of the molecule is CN(Cc1ccc(Cl)cc1Cl)C(=O)C1CCCC1C(=O)O. The van der Waals surface area contributed by atoms with E-state index in [1.807, 2.05) is 0 Å². The molecule has 2 atom stereocenters. The lowest BCUT2D eigenvalue weighted by molar-refractivity contribution is -0.148. The molecule has 0 saturated heterocycles. The van der Waals surface area contributed by atoms with E-state index < -0.39 is 17.8 Å². The highest BCUT2D eigenvalue weighted by molar-refractivity contribution is 6.35. The average Bonchev–Trinajstić information content (AvgIpc) is 2.90. The lowest BCUT2D eigenvalue weighted by Gasteiger charge is -2.24. The van der Waals surface area contributed by atoms with Gasteiger partial charge in [-0.2, -0.15) is 0 Å². The Hall–Kier alpha value is -1.26. The van der Waals surface area contributed by atoms with E-state index in [4.69, 9.17) is 23.2 Å². The van der Waals surface area contributed by atoms with Crippen LogP contribution < -0.4 is 0 Å². The van der Waals surface area contributed by atoms with Gasteiger partial charge in [-0.3, -0.25) is 9.59 Å². The molecule has 2 unspecified atom stereocenters. The Morgan fingerprint density at radius 2 is 1.95 bits per heavy atom. The van der Waals surface area contributed by atoms with Crippen molar-refractivity contribution in [2.75, 3.05) is 7.05 Å². The van der Waals surface area contributed by atoms with Crippen molar-refractivity contribution < 1.29 is 14.7 Å². The molecule has 21 heavy (non-hydrogen) atoms. The molecule has 0 spiro atoms. The molecule has 0 aliphatic heterocycles. The van der Waals surface area contributed by atoms with Crippen molar-refractivity contribution in [2.24, 2.45) is 11.8 Å². The first-order valence-corrected chi connectivity index (χ1v) is 7.57. The lowest BCUT2D eigenvalue weighted by atomic mass is 9.95. The number of hydrogen-bond donors (Lipinski definition) is 1. The van der Waals surface area contributed by atoms with Crippen LogP contribution in [-0.2, 0) is 16.1 Å². The summed E-state index contributed by atoms with van der Waals surface area (Å²) in [5.74, 6) is -2.02. The van der Waals surface area contributed by atoms with Gasteiger partial charge in [0.15, 0.2) is 0 Å². The number of carboxylic acid groups (broad SMARTS) is 1. The molecule has 1 amide bonds. The Balaban J connectivity index is 2.07. The summed E-state index contributed by atoms with van der Waals surface area (Å²) in [6.07, 6.45) is 1.98. The van der Waals surface area contributed by atoms with E-state index in [2.05, 4.69) is 0 Å². The van der Waals surface area contributed by atoms with Gasteiger partial charge in [-0.05, 0) is 30.5 Å². The van der Waals surface area contributed by atoms with Crippen LogP contribution in [-0.4, -0.2) is 28.9 Å². The van der Waals surface area contributed by atoms with Crippen LogP contribution in [0.25, 0.3) is 0 Å². The van der Waals surface area contributed by atoms with Crippen LogP contribution >= 0.6 is 23.2 Å². The van der Waals surface area contributed by atoms with E-state index in [9.17, 15) is 14.7 Å². The van der Waals surface area contributed by atoms with Gasteiger partial charge >= 0.3 is 5.97 Å². The second-order valence-corrected chi connectivity index (χ2v) is 6.26. The molecule has 6 heteroatoms. The van der Waals surface area contributed by atoms with Gasteiger partial charge in [-0.1, -0.05) is 35.7 Å². The number of benzene rings is 1. The van der Waals surface area contributed by atoms with Crippen LogP contribution in [0, 0.1) is 11.8 Å². The summed E-state index contributed by atoms with van der Waals surface area (Å²) in [6, 6.07) is 5.13. The second kappa shape index (κ2) is 6.67. The first-order valence-electron chi connectivity index (χ1n) is 6.82. The highest BCUT2D eigenvalue weighted by atomic mass is 35.5. The predicted octanol–water partition coefficient (Wildman–Crippen LogP) is 3.45. The number of carbonyl (C=O) groups is 2. The molecule has 1 aliphatic carbocycles. The maximum Gasteiger partial charge on any atom is 0.307 e. The molecule has 0 radical (unpaired) electrons. The zero-order valence-electron chi connectivity index (χ0n) is 11.7. The fourth-order valence-corrected chi connectivity index (χ4v) is 3.29. The van der Waals surface area contributed by atoms with Gasteiger partial charge < -0.3 is 10.0 Å². The largest absolute Gasteiger partial charge is 0.481 e. The van der Waals surface area contributed by atoms with Crippen LogP contribution in [0.1, 0.15) is 24.8 Å². The van der Waals surface area contributed by atoms with Gasteiger partial charge in [0.2, 0.25) is 5.91 Å². The number of halogens is 2. The van der Waals surface area contributed by atoms with Gasteiger partial charge in [0.25, 0.3) is 0 Å². The van der Waals surface area contributed by atoms with Gasteiger partial charge in [-0.15, -0.1) is 0 Å². The van der Waals surface area contributed by atoms with Crippen molar-refractivity contribution in [3.05, 3.63) is 33.8 Å². The maximum atomic E-state index is 12.4. The number of carbonyl (C=O) groups excluding carboxylic acids is 1. The van der Waals surface area contributed by atoms with Crippen molar-refractivity contribution in [2.45, 2.75) is 25.8 Å². The summed E-state index contributed by atoms with van der Waals surface area (Å²) >= 11 is 11.9. The number of carboxylic acids is 1. The standard InChI is InChI=1S/C15H17Cl2NO3/c1-18(8-9-5-6-10(16)7-13(9)17)14(19)11-3-2-4-12(11)15(20)21/h5-7,11-12H,2-4,8H2,1H3,(H,20,21). The third-order valence-electron chi connectivity index (χ3n) is 3.95. The minimum atomic E-state index is -0.885. The maximum absolute atomic E-state index is 12.4. The predicted molar refractivity (Wildman–Crippen MR) is 81.4 cm³/mol. The van der Waals surface area contributed by atoms with Crippen molar-refractivity contribution in [3.8, 4) is 0 Å². The summed E-state index contributed by atoms with van der Waals surface area (Å²) in [4.78, 5) is 25.2. The number of rotatable bonds is 4. The molecule has 1 aromatic carbocycles. The van der Waals surface area contributed by atoms with Gasteiger partial charge in [0, 0.05) is 23.6 Å². The molecule has 1 saturated carbocycles. The molecular formula is C15H17Cl2NO3. The Bertz CT molecular complexity index is 562. The molecule has 1 N–H and O–H groups in total. The van der Waals surface area contributed by atoms with Crippen LogP contribution in [0.3, 0.4) is 0 Å². The molecule has 2 rings (SSSR count). The highest BCUT2D eigenvalue weighted by Crippen LogP contribution is 2.33. The van der Waals surface area contributed by atoms with Crippen LogP contribution in [0.5, 0.6) is 0 Å². The normalized spacial score (nSPS) is 21.3. The summed E-state index contributed by atoms with van der Waals surface area (Å²) in [5, 5.41) is 10.2. The molecule has 114 valence electrons. The Morgan fingerprint density at radius 1 is 1.29 bits per heavy atom. The molecule has 1 fully saturated rings. The van der Waals surface area contributed by atoms with Crippen molar-refractivity contribution in [3.63, 3.8) is 0 Å². The monoisotopic (exact) mass is 329 g/mol. The van der Waals surface area contributed by atoms with E-state index in [-0.39, 0.29) is 5.91 Å². The molecule has 0 heterocycles. The number of hydrogen-bond acceptors (Lipinski definition) is 2. The Labute approximate surface area is 133 Å². The fraction of sp³-hybridized carbons (Fsp3) is 0.467. The molecule has 0 aromatic heterocycles. The summed E-state index contributed by atoms with van der Waals surface area (Å²) in [5.41, 5.74) is 0.793. The summed E-state index contributed by atoms with van der Waals surface area (Å²) in [7, 11) is 1.67. The van der Waals surface area contributed by atoms with Crippen LogP contribution in [0.2, 0.25) is 10.0 Å². The van der Waals surface area contributed by atoms with E-state index in [0.29, 0.717) is 29.4 Å². The third kappa shape index (κ3) is 3.69. The third-order valence-corrected chi connectivity index (χ3v) is 4.54. The van der Waals surface area contributed by atoms with Gasteiger partial charge in [0.1, 0.15) is 0 Å². The zero-order chi connectivity index (χ0) is 15.6. The molecule has 1 aromatic rings. The van der Waals surface area contributed by atoms with Crippen LogP contribution in [0.15, 0.2) is 18.2 Å². The molecule has 0 bridgehead atoms. The highest BCUT2D eigenvalue weighted by Gasteiger charge is 2.39. The lowest BCUT2D eigenvalue weighted by Crippen LogP contribution is -2.36. The van der Waals surface area contributed by atoms with Crippen molar-refractivity contribution >= 4 is 35.1 Å². The van der Waals surface area contributed by atoms with E-state index in [1.165, 1.54) is 0 Å². The Morgan fingerprint density at radius 3 is 2.57 bits per heavy atom. The smallest absolute Gasteiger partial charge is 0.307 e. The molecule has 4 nitrogen and oxygen atoms in total. The van der Waals surface area contributed by atoms with Gasteiger partial charge in [-0.25, -0.2) is 0 Å². The number of aliphatic carboxylic acids is 1. The molecule has 1 aliphatic rings. The topological polar surface area (TPSA) is 57.6 Å². The summed E-state index contributed by atoms with van der Waals surface area (Å²) in [6.45, 7) is 0.345. The van der Waals surface area contributed by atoms with Crippen LogP contribution in [0.4, 0.5) is 0 Å².